The second-order valence-electron chi connectivity index (χ2n) is 4.74. The predicted molar refractivity (Wildman–Crippen MR) is 82.5 cm³/mol. The van der Waals surface area contributed by atoms with Crippen LogP contribution in [-0.2, 0) is 10.0 Å². The molecule has 0 radical (unpaired) electrons. The van der Waals surface area contributed by atoms with Crippen molar-refractivity contribution in [2.75, 3.05) is 0 Å². The Morgan fingerprint density at radius 2 is 1.74 bits per heavy atom. The average Bonchev–Trinajstić information content (AvgIpc) is 2.97. The Morgan fingerprint density at radius 1 is 1.04 bits per heavy atom. The lowest BCUT2D eigenvalue weighted by Gasteiger charge is -2.08. The Bertz CT molecular complexity index is 982. The Morgan fingerprint density at radius 3 is 2.52 bits per heavy atom. The van der Waals surface area contributed by atoms with Crippen LogP contribution in [0, 0.1) is 5.82 Å². The van der Waals surface area contributed by atoms with Gasteiger partial charge in [-0.25, -0.2) is 12.8 Å². The minimum atomic E-state index is -4.20. The summed E-state index contributed by atoms with van der Waals surface area (Å²) in [5.74, 6) is -1.55. The molecule has 2 aromatic carbocycles. The molecule has 1 aromatic heterocycles. The van der Waals surface area contributed by atoms with Crippen molar-refractivity contribution in [2.24, 2.45) is 0 Å². The molecule has 1 amide bonds. The first-order valence-corrected chi connectivity index (χ1v) is 8.10. The highest BCUT2D eigenvalue weighted by Gasteiger charge is 2.20. The number of nitrogens with one attached hydrogen (secondary N) is 3. The van der Waals surface area contributed by atoms with Crippen LogP contribution >= 0.6 is 0 Å². The maximum Gasteiger partial charge on any atom is 0.268 e. The molecule has 0 bridgehead atoms. The van der Waals surface area contributed by atoms with Gasteiger partial charge in [-0.2, -0.15) is 0 Å². The third kappa shape index (κ3) is 2.94. The number of para-hydroxylation sites is 1. The molecule has 8 heteroatoms. The summed E-state index contributed by atoms with van der Waals surface area (Å²) in [4.78, 5) is 16.4. The number of fused-ring (bicyclic) bond motifs is 1. The van der Waals surface area contributed by atoms with Gasteiger partial charge in [-0.15, -0.1) is 4.83 Å². The molecule has 0 aliphatic rings. The van der Waals surface area contributed by atoms with Gasteiger partial charge in [-0.05, 0) is 18.2 Å². The number of benzene rings is 2. The zero-order valence-electron chi connectivity index (χ0n) is 11.7. The summed E-state index contributed by atoms with van der Waals surface area (Å²) in [5, 5.41) is 0.648. The summed E-state index contributed by atoms with van der Waals surface area (Å²) in [5.41, 5.74) is 3.10. The molecule has 0 aliphatic carbocycles. The lowest BCUT2D eigenvalue weighted by molar-refractivity contribution is 0.0946. The zero-order chi connectivity index (χ0) is 16.4. The topological polar surface area (TPSA) is 91.1 Å². The number of hydrogen-bond acceptors (Lipinski definition) is 3. The Balaban J connectivity index is 1.80. The van der Waals surface area contributed by atoms with E-state index >= 15 is 0 Å². The van der Waals surface area contributed by atoms with Gasteiger partial charge in [0.15, 0.2) is 0 Å². The molecule has 0 atom stereocenters. The van der Waals surface area contributed by atoms with Crippen molar-refractivity contribution in [2.45, 2.75) is 4.90 Å². The van der Waals surface area contributed by atoms with Gasteiger partial charge in [-0.3, -0.25) is 10.2 Å². The molecule has 3 rings (SSSR count). The molecule has 0 spiro atoms. The van der Waals surface area contributed by atoms with Gasteiger partial charge in [0.25, 0.3) is 15.9 Å². The first-order chi connectivity index (χ1) is 11.0. The van der Waals surface area contributed by atoms with E-state index in [9.17, 15) is 17.6 Å². The maximum absolute atomic E-state index is 13.6. The van der Waals surface area contributed by atoms with Crippen LogP contribution in [0.5, 0.6) is 0 Å². The fraction of sp³-hybridized carbons (Fsp3) is 0. The summed E-state index contributed by atoms with van der Waals surface area (Å²) < 4.78 is 37.6. The van der Waals surface area contributed by atoms with E-state index in [1.807, 2.05) is 4.83 Å². The van der Waals surface area contributed by atoms with Crippen molar-refractivity contribution >= 4 is 26.8 Å². The minimum Gasteiger partial charge on any atom is -0.360 e. The van der Waals surface area contributed by atoms with Crippen molar-refractivity contribution in [3.05, 3.63) is 66.1 Å². The standard InChI is InChI=1S/C15H12FN3O3S/c16-12-6-2-4-8-14(12)23(21,22)19-18-15(20)11-9-17-13-7-3-1-5-10(11)13/h1-9,17,19H,(H,18,20). The number of hydrazine groups is 1. The van der Waals surface area contributed by atoms with Crippen LogP contribution in [0.3, 0.4) is 0 Å². The number of sulfonamides is 1. The number of H-pyrrole nitrogens is 1. The van der Waals surface area contributed by atoms with E-state index in [0.717, 1.165) is 17.6 Å². The monoisotopic (exact) mass is 333 g/mol. The number of amides is 1. The Kier molecular flexibility index (Phi) is 3.85. The van der Waals surface area contributed by atoms with Crippen LogP contribution in [-0.4, -0.2) is 19.3 Å². The van der Waals surface area contributed by atoms with Crippen LogP contribution in [0.2, 0.25) is 0 Å². The maximum atomic E-state index is 13.6. The van der Waals surface area contributed by atoms with E-state index in [4.69, 9.17) is 0 Å². The van der Waals surface area contributed by atoms with Crippen molar-refractivity contribution in [3.63, 3.8) is 0 Å². The highest BCUT2D eigenvalue weighted by molar-refractivity contribution is 7.89. The van der Waals surface area contributed by atoms with E-state index in [1.54, 1.807) is 24.3 Å². The fourth-order valence-electron chi connectivity index (χ4n) is 2.16. The van der Waals surface area contributed by atoms with Gasteiger partial charge in [0, 0.05) is 17.1 Å². The molecular formula is C15H12FN3O3S. The second kappa shape index (κ2) is 5.82. The summed E-state index contributed by atoms with van der Waals surface area (Å²) in [7, 11) is -4.20. The molecule has 118 valence electrons. The van der Waals surface area contributed by atoms with Crippen molar-refractivity contribution in [1.82, 2.24) is 15.2 Å². The van der Waals surface area contributed by atoms with Gasteiger partial charge in [0.1, 0.15) is 10.7 Å². The van der Waals surface area contributed by atoms with Crippen LogP contribution in [0.15, 0.2) is 59.6 Å². The van der Waals surface area contributed by atoms with Gasteiger partial charge in [0.2, 0.25) is 0 Å². The number of hydrogen-bond donors (Lipinski definition) is 3. The first kappa shape index (κ1) is 15.2. The van der Waals surface area contributed by atoms with Crippen molar-refractivity contribution in [3.8, 4) is 0 Å². The predicted octanol–water partition coefficient (Wildman–Crippen LogP) is 1.93. The van der Waals surface area contributed by atoms with Crippen LogP contribution < -0.4 is 10.3 Å². The van der Waals surface area contributed by atoms with Crippen molar-refractivity contribution < 1.29 is 17.6 Å². The quantitative estimate of drug-likeness (QED) is 0.637. The van der Waals surface area contributed by atoms with Crippen LogP contribution in [0.25, 0.3) is 10.9 Å². The molecule has 0 fully saturated rings. The van der Waals surface area contributed by atoms with E-state index in [0.29, 0.717) is 5.39 Å². The number of aromatic nitrogens is 1. The van der Waals surface area contributed by atoms with E-state index in [1.165, 1.54) is 18.3 Å². The minimum absolute atomic E-state index is 0.275. The molecule has 1 heterocycles. The van der Waals surface area contributed by atoms with Gasteiger partial charge >= 0.3 is 0 Å². The lowest BCUT2D eigenvalue weighted by Crippen LogP contribution is -2.41. The van der Waals surface area contributed by atoms with E-state index < -0.39 is 26.6 Å². The molecule has 0 unspecified atom stereocenters. The van der Waals surface area contributed by atoms with Crippen LogP contribution in [0.4, 0.5) is 4.39 Å². The smallest absolute Gasteiger partial charge is 0.268 e. The number of carbonyl (C=O) groups excluding carboxylic acids is 1. The van der Waals surface area contributed by atoms with Gasteiger partial charge in [-0.1, -0.05) is 30.3 Å². The molecular weight excluding hydrogens is 321 g/mol. The average molecular weight is 333 g/mol. The first-order valence-electron chi connectivity index (χ1n) is 6.62. The normalized spacial score (nSPS) is 11.5. The molecule has 23 heavy (non-hydrogen) atoms. The van der Waals surface area contributed by atoms with Crippen molar-refractivity contribution in [1.29, 1.82) is 0 Å². The van der Waals surface area contributed by atoms with Gasteiger partial charge < -0.3 is 4.98 Å². The molecule has 3 aromatic rings. The van der Waals surface area contributed by atoms with E-state index in [2.05, 4.69) is 10.4 Å². The number of rotatable bonds is 4. The Labute approximate surface area is 131 Å². The second-order valence-corrected chi connectivity index (χ2v) is 6.39. The van der Waals surface area contributed by atoms with Gasteiger partial charge in [0.05, 0.1) is 5.56 Å². The highest BCUT2D eigenvalue weighted by Crippen LogP contribution is 2.17. The van der Waals surface area contributed by atoms with E-state index in [-0.39, 0.29) is 5.56 Å². The summed E-state index contributed by atoms with van der Waals surface area (Å²) in [6.45, 7) is 0. The zero-order valence-corrected chi connectivity index (χ0v) is 12.5. The van der Waals surface area contributed by atoms with Crippen LogP contribution in [0.1, 0.15) is 10.4 Å². The third-order valence-electron chi connectivity index (χ3n) is 3.26. The molecule has 0 saturated carbocycles. The Hall–Kier alpha value is -2.71. The number of carbonyl (C=O) groups is 1. The number of halogens is 1. The molecule has 0 saturated heterocycles. The summed E-state index contributed by atoms with van der Waals surface area (Å²) in [6.07, 6.45) is 1.47. The lowest BCUT2D eigenvalue weighted by atomic mass is 10.2. The summed E-state index contributed by atoms with van der Waals surface area (Å²) in [6, 6.07) is 12.0. The third-order valence-corrected chi connectivity index (χ3v) is 4.54. The fourth-order valence-corrected chi connectivity index (χ4v) is 3.08. The molecule has 6 nitrogen and oxygen atoms in total. The highest BCUT2D eigenvalue weighted by atomic mass is 32.2. The summed E-state index contributed by atoms with van der Waals surface area (Å²) >= 11 is 0. The SMILES string of the molecule is O=C(NNS(=O)(=O)c1ccccc1F)c1c[nH]c2ccccc12. The molecule has 0 aliphatic heterocycles. The largest absolute Gasteiger partial charge is 0.360 e. The molecule has 3 N–H and O–H groups in total. The number of aromatic amines is 1.